The number of ketones is 1. The van der Waals surface area contributed by atoms with Crippen LogP contribution >= 0.6 is 0 Å². The second-order valence-corrected chi connectivity index (χ2v) is 5.94. The summed E-state index contributed by atoms with van der Waals surface area (Å²) >= 11 is 0. The summed E-state index contributed by atoms with van der Waals surface area (Å²) < 4.78 is 16.9. The summed E-state index contributed by atoms with van der Waals surface area (Å²) in [5, 5.41) is 0. The third kappa shape index (κ3) is 4.54. The number of carbonyl (C=O) groups excluding carboxylic acids is 2. The summed E-state index contributed by atoms with van der Waals surface area (Å²) in [6.45, 7) is -0.702. The van der Waals surface area contributed by atoms with E-state index >= 15 is 0 Å². The molecular weight excluding hydrogens is 382 g/mol. The van der Waals surface area contributed by atoms with Gasteiger partial charge in [0.15, 0.2) is 18.1 Å². The van der Waals surface area contributed by atoms with Crippen molar-refractivity contribution >= 4 is 23.6 Å². The van der Waals surface area contributed by atoms with E-state index < -0.39 is 35.2 Å². The van der Waals surface area contributed by atoms with Crippen LogP contribution in [0.5, 0.6) is 11.5 Å². The molecule has 0 bridgehead atoms. The number of carbonyl (C=O) groups is 2. The van der Waals surface area contributed by atoms with Crippen molar-refractivity contribution in [3.8, 4) is 11.5 Å². The molecule has 10 heteroatoms. The number of benzene rings is 1. The Kier molecular flexibility index (Phi) is 6.60. The van der Waals surface area contributed by atoms with Gasteiger partial charge < -0.3 is 19.9 Å². The highest BCUT2D eigenvalue weighted by atomic mass is 16.5. The molecule has 1 aromatic heterocycles. The zero-order valence-electron chi connectivity index (χ0n) is 16.4. The van der Waals surface area contributed by atoms with Gasteiger partial charge in [0.1, 0.15) is 11.4 Å². The molecule has 0 atom stereocenters. The molecule has 1 heterocycles. The lowest BCUT2D eigenvalue weighted by atomic mass is 10.2. The Labute approximate surface area is 165 Å². The lowest BCUT2D eigenvalue weighted by molar-refractivity contribution is -0.136. The van der Waals surface area contributed by atoms with Crippen LogP contribution in [0.4, 0.5) is 5.82 Å². The lowest BCUT2D eigenvalue weighted by Gasteiger charge is -2.10. The van der Waals surface area contributed by atoms with E-state index in [1.165, 1.54) is 34.4 Å². The maximum absolute atomic E-state index is 12.3. The van der Waals surface area contributed by atoms with Crippen LogP contribution in [0, 0.1) is 0 Å². The minimum Gasteiger partial charge on any atom is -0.493 e. The van der Waals surface area contributed by atoms with Gasteiger partial charge in [-0.05, 0) is 23.8 Å². The molecule has 0 amide bonds. The largest absolute Gasteiger partial charge is 0.493 e. The molecule has 0 fully saturated rings. The van der Waals surface area contributed by atoms with Crippen molar-refractivity contribution in [3.05, 3.63) is 56.2 Å². The quantitative estimate of drug-likeness (QED) is 0.392. The Balaban J connectivity index is 2.10. The molecule has 0 aliphatic carbocycles. The van der Waals surface area contributed by atoms with Crippen molar-refractivity contribution in [3.63, 3.8) is 0 Å². The van der Waals surface area contributed by atoms with E-state index in [-0.39, 0.29) is 5.82 Å². The van der Waals surface area contributed by atoms with Gasteiger partial charge in [0.25, 0.3) is 5.56 Å². The van der Waals surface area contributed by atoms with E-state index in [1.807, 2.05) is 0 Å². The van der Waals surface area contributed by atoms with Crippen molar-refractivity contribution in [2.45, 2.75) is 0 Å². The summed E-state index contributed by atoms with van der Waals surface area (Å²) in [6, 6.07) is 5.03. The number of hydrogen-bond donors (Lipinski definition) is 1. The van der Waals surface area contributed by atoms with Gasteiger partial charge in [-0.15, -0.1) is 0 Å². The summed E-state index contributed by atoms with van der Waals surface area (Å²) in [5.74, 6) is -0.881. The maximum atomic E-state index is 12.3. The fourth-order valence-corrected chi connectivity index (χ4v) is 2.50. The van der Waals surface area contributed by atoms with Gasteiger partial charge >= 0.3 is 11.7 Å². The number of rotatable bonds is 7. The molecule has 10 nitrogen and oxygen atoms in total. The van der Waals surface area contributed by atoms with Crippen LogP contribution in [-0.4, -0.2) is 41.7 Å². The predicted molar refractivity (Wildman–Crippen MR) is 105 cm³/mol. The van der Waals surface area contributed by atoms with Crippen LogP contribution in [0.2, 0.25) is 0 Å². The van der Waals surface area contributed by atoms with Crippen LogP contribution < -0.4 is 26.5 Å². The zero-order chi connectivity index (χ0) is 21.7. The van der Waals surface area contributed by atoms with Crippen molar-refractivity contribution < 1.29 is 23.8 Å². The number of Topliss-reactive ketones (excluding diaryl/α,β-unsaturated/α-hetero) is 1. The van der Waals surface area contributed by atoms with Gasteiger partial charge in [0, 0.05) is 20.2 Å². The third-order valence-corrected chi connectivity index (χ3v) is 4.15. The molecule has 2 N–H and O–H groups in total. The second-order valence-electron chi connectivity index (χ2n) is 5.94. The van der Waals surface area contributed by atoms with Crippen LogP contribution in [0.3, 0.4) is 0 Å². The first-order valence-corrected chi connectivity index (χ1v) is 8.36. The summed E-state index contributed by atoms with van der Waals surface area (Å²) in [6.07, 6.45) is 2.59. The molecule has 0 saturated heterocycles. The molecule has 0 unspecified atom stereocenters. The molecule has 1 aromatic carbocycles. The summed E-state index contributed by atoms with van der Waals surface area (Å²) in [5.41, 5.74) is 4.41. The number of nitrogens with two attached hydrogens (primary N) is 1. The van der Waals surface area contributed by atoms with Crippen molar-refractivity contribution in [2.24, 2.45) is 14.1 Å². The van der Waals surface area contributed by atoms with E-state index in [0.717, 1.165) is 15.2 Å². The zero-order valence-corrected chi connectivity index (χ0v) is 16.4. The Morgan fingerprint density at radius 1 is 1.07 bits per heavy atom. The molecule has 0 saturated carbocycles. The average molecular weight is 403 g/mol. The van der Waals surface area contributed by atoms with E-state index in [4.69, 9.17) is 19.9 Å². The SMILES string of the molecule is COc1ccc(C=CC(=O)OCC(=O)c2c(N)n(C)c(=O)n(C)c2=O)cc1OC. The highest BCUT2D eigenvalue weighted by Crippen LogP contribution is 2.27. The predicted octanol–water partition coefficient (Wildman–Crippen LogP) is 0.123. The monoisotopic (exact) mass is 403 g/mol. The topological polar surface area (TPSA) is 132 Å². The van der Waals surface area contributed by atoms with E-state index in [0.29, 0.717) is 17.1 Å². The van der Waals surface area contributed by atoms with E-state index in [2.05, 4.69) is 0 Å². The Morgan fingerprint density at radius 2 is 1.72 bits per heavy atom. The van der Waals surface area contributed by atoms with E-state index in [1.54, 1.807) is 18.2 Å². The molecule has 29 heavy (non-hydrogen) atoms. The van der Waals surface area contributed by atoms with Crippen LogP contribution in [0.25, 0.3) is 6.08 Å². The third-order valence-electron chi connectivity index (χ3n) is 4.15. The van der Waals surface area contributed by atoms with Gasteiger partial charge in [-0.25, -0.2) is 9.59 Å². The molecule has 0 aliphatic rings. The minimum absolute atomic E-state index is 0.292. The second kappa shape index (κ2) is 8.91. The normalized spacial score (nSPS) is 10.8. The first-order valence-electron chi connectivity index (χ1n) is 8.36. The summed E-state index contributed by atoms with van der Waals surface area (Å²) in [7, 11) is 5.54. The van der Waals surface area contributed by atoms with Crippen molar-refractivity contribution in [1.29, 1.82) is 0 Å². The van der Waals surface area contributed by atoms with Gasteiger partial charge in [-0.3, -0.25) is 18.7 Å². The number of methoxy groups -OCH3 is 2. The van der Waals surface area contributed by atoms with Gasteiger partial charge in [-0.1, -0.05) is 6.07 Å². The first-order chi connectivity index (χ1) is 13.7. The fraction of sp³-hybridized carbons (Fsp3) is 0.263. The van der Waals surface area contributed by atoms with Crippen LogP contribution in [0.15, 0.2) is 33.9 Å². The number of hydrogen-bond acceptors (Lipinski definition) is 8. The smallest absolute Gasteiger partial charge is 0.332 e. The number of nitrogen functional groups attached to an aromatic ring is 1. The molecule has 0 aliphatic heterocycles. The van der Waals surface area contributed by atoms with Crippen molar-refractivity contribution in [1.82, 2.24) is 9.13 Å². The number of anilines is 1. The number of ether oxygens (including phenoxy) is 3. The average Bonchev–Trinajstić information content (AvgIpc) is 2.73. The molecule has 2 rings (SSSR count). The number of aromatic nitrogens is 2. The Bertz CT molecular complexity index is 1100. The molecule has 0 radical (unpaired) electrons. The van der Waals surface area contributed by atoms with Gasteiger partial charge in [0.05, 0.1) is 14.2 Å². The number of nitrogens with zero attached hydrogens (tertiary/aromatic N) is 2. The highest BCUT2D eigenvalue weighted by Gasteiger charge is 2.21. The molecule has 154 valence electrons. The fourth-order valence-electron chi connectivity index (χ4n) is 2.50. The van der Waals surface area contributed by atoms with E-state index in [9.17, 15) is 19.2 Å². The number of esters is 1. The summed E-state index contributed by atoms with van der Waals surface area (Å²) in [4.78, 5) is 48.1. The van der Waals surface area contributed by atoms with Crippen molar-refractivity contribution in [2.75, 3.05) is 26.6 Å². The first kappa shape index (κ1) is 21.5. The van der Waals surface area contributed by atoms with Crippen LogP contribution in [0.1, 0.15) is 15.9 Å². The Morgan fingerprint density at radius 3 is 2.34 bits per heavy atom. The standard InChI is InChI=1S/C19H21N3O7/c1-21-17(20)16(18(25)22(2)19(21)26)12(23)10-29-15(24)8-6-11-5-7-13(27-3)14(9-11)28-4/h5-9H,10,20H2,1-4H3. The van der Waals surface area contributed by atoms with Crippen LogP contribution in [-0.2, 0) is 23.6 Å². The van der Waals surface area contributed by atoms with Gasteiger partial charge in [-0.2, -0.15) is 0 Å². The van der Waals surface area contributed by atoms with Gasteiger partial charge in [0.2, 0.25) is 5.78 Å². The lowest BCUT2D eigenvalue weighted by Crippen LogP contribution is -2.42. The minimum atomic E-state index is -0.854. The molecule has 0 spiro atoms. The molecular formula is C19H21N3O7. The molecule has 2 aromatic rings. The highest BCUT2D eigenvalue weighted by molar-refractivity contribution is 6.01. The maximum Gasteiger partial charge on any atom is 0.332 e. The Hall–Kier alpha value is -3.82.